The molecule has 1 aromatic carbocycles. The number of rotatable bonds is 3. The molecule has 3 heterocycles. The molecule has 5 atom stereocenters. The number of piperidine rings is 2. The number of anilines is 1. The lowest BCUT2D eigenvalue weighted by molar-refractivity contribution is -0.0267. The van der Waals surface area contributed by atoms with E-state index in [0.717, 1.165) is 35.7 Å². The molecule has 2 N–H and O–H groups in total. The van der Waals surface area contributed by atoms with E-state index >= 15 is 0 Å². The maximum atomic E-state index is 6.35. The van der Waals surface area contributed by atoms with E-state index in [0.29, 0.717) is 5.92 Å². The Hall–Kier alpha value is -1.48. The van der Waals surface area contributed by atoms with Crippen LogP contribution in [0, 0.1) is 17.8 Å². The van der Waals surface area contributed by atoms with Crippen molar-refractivity contribution >= 4 is 11.3 Å². The number of fused-ring (bicyclic) bond motifs is 1. The van der Waals surface area contributed by atoms with Gasteiger partial charge in [0.15, 0.2) is 0 Å². The summed E-state index contributed by atoms with van der Waals surface area (Å²) in [6, 6.07) is 6.84. The summed E-state index contributed by atoms with van der Waals surface area (Å²) < 4.78 is 5.45. The molecular formula is C21H30N2O. The first kappa shape index (κ1) is 16.0. The lowest BCUT2D eigenvalue weighted by Gasteiger charge is -2.53. The van der Waals surface area contributed by atoms with Crippen LogP contribution in [0.4, 0.5) is 5.69 Å². The van der Waals surface area contributed by atoms with Crippen molar-refractivity contribution in [2.75, 3.05) is 25.9 Å². The van der Waals surface area contributed by atoms with Crippen molar-refractivity contribution in [3.05, 3.63) is 29.3 Å². The highest BCUT2D eigenvalue weighted by molar-refractivity contribution is 5.78. The van der Waals surface area contributed by atoms with E-state index in [2.05, 4.69) is 24.8 Å². The van der Waals surface area contributed by atoms with Crippen LogP contribution in [0.25, 0.3) is 5.57 Å². The molecule has 0 aromatic heterocycles. The van der Waals surface area contributed by atoms with E-state index in [1.54, 1.807) is 12.7 Å². The Morgan fingerprint density at radius 3 is 2.88 bits per heavy atom. The normalized spacial score (nSPS) is 35.0. The molecule has 24 heavy (non-hydrogen) atoms. The SMILES string of the molecule is CCC1CC2CC3C(C)=C(c4cc(OC)ccc4N)CCN(C2)C13. The Morgan fingerprint density at radius 2 is 2.12 bits per heavy atom. The Morgan fingerprint density at radius 1 is 1.29 bits per heavy atom. The highest BCUT2D eigenvalue weighted by Gasteiger charge is 2.47. The van der Waals surface area contributed by atoms with Gasteiger partial charge in [-0.1, -0.05) is 18.9 Å². The third kappa shape index (κ3) is 2.45. The van der Waals surface area contributed by atoms with Gasteiger partial charge in [0, 0.05) is 30.4 Å². The highest BCUT2D eigenvalue weighted by Crippen LogP contribution is 2.50. The molecule has 4 aliphatic rings. The number of methoxy groups -OCH3 is 1. The van der Waals surface area contributed by atoms with Crippen molar-refractivity contribution in [3.63, 3.8) is 0 Å². The number of hydrogen-bond acceptors (Lipinski definition) is 3. The quantitative estimate of drug-likeness (QED) is 0.846. The zero-order chi connectivity index (χ0) is 16.8. The van der Waals surface area contributed by atoms with Crippen LogP contribution in [0.15, 0.2) is 23.8 Å². The second-order valence-corrected chi connectivity index (χ2v) is 7.96. The van der Waals surface area contributed by atoms with Crippen LogP contribution in [0.2, 0.25) is 0 Å². The largest absolute Gasteiger partial charge is 0.497 e. The molecule has 2 saturated heterocycles. The predicted octanol–water partition coefficient (Wildman–Crippen LogP) is 4.19. The Labute approximate surface area is 145 Å². The van der Waals surface area contributed by atoms with Crippen molar-refractivity contribution in [2.45, 2.75) is 45.6 Å². The first-order valence-electron chi connectivity index (χ1n) is 9.50. The lowest BCUT2D eigenvalue weighted by Crippen LogP contribution is -2.57. The third-order valence-corrected chi connectivity index (χ3v) is 6.82. The fourth-order valence-electron chi connectivity index (χ4n) is 5.67. The molecule has 0 amide bonds. The fraction of sp³-hybridized carbons (Fsp3) is 0.619. The molecule has 3 aliphatic heterocycles. The molecule has 0 radical (unpaired) electrons. The average molecular weight is 326 g/mol. The summed E-state index contributed by atoms with van der Waals surface area (Å²) >= 11 is 0. The minimum atomic E-state index is 0.713. The number of nitrogens with zero attached hydrogens (tertiary/aromatic N) is 1. The van der Waals surface area contributed by atoms with E-state index < -0.39 is 0 Å². The summed E-state index contributed by atoms with van der Waals surface area (Å²) in [5.41, 5.74) is 11.5. The Balaban J connectivity index is 1.77. The summed E-state index contributed by atoms with van der Waals surface area (Å²) in [4.78, 5) is 2.80. The van der Waals surface area contributed by atoms with Gasteiger partial charge in [0.1, 0.15) is 5.75 Å². The van der Waals surface area contributed by atoms with Crippen LogP contribution < -0.4 is 10.5 Å². The van der Waals surface area contributed by atoms with Crippen LogP contribution in [-0.4, -0.2) is 31.1 Å². The van der Waals surface area contributed by atoms with E-state index in [-0.39, 0.29) is 0 Å². The van der Waals surface area contributed by atoms with Crippen LogP contribution in [0.5, 0.6) is 5.75 Å². The molecule has 5 rings (SSSR count). The standard InChI is InChI=1S/C21H30N2O/c1-4-15-9-14-10-18-13(2)17(7-8-23(12-14)21(15)18)19-11-16(24-3)5-6-20(19)22/h5-6,11,14-15,18,21H,4,7-10,12,22H2,1-3H3. The molecule has 5 unspecified atom stereocenters. The zero-order valence-electron chi connectivity index (χ0n) is 15.2. The molecule has 1 aliphatic carbocycles. The van der Waals surface area contributed by atoms with Crippen molar-refractivity contribution < 1.29 is 4.74 Å². The fourth-order valence-corrected chi connectivity index (χ4v) is 5.67. The maximum absolute atomic E-state index is 6.35. The van der Waals surface area contributed by atoms with Crippen molar-refractivity contribution in [1.82, 2.24) is 4.90 Å². The van der Waals surface area contributed by atoms with Gasteiger partial charge in [-0.05, 0) is 67.7 Å². The van der Waals surface area contributed by atoms with Crippen LogP contribution >= 0.6 is 0 Å². The van der Waals surface area contributed by atoms with Crippen LogP contribution in [0.1, 0.15) is 45.1 Å². The molecule has 1 saturated carbocycles. The third-order valence-electron chi connectivity index (χ3n) is 6.82. The van der Waals surface area contributed by atoms with Gasteiger partial charge in [0.05, 0.1) is 7.11 Å². The molecule has 130 valence electrons. The van der Waals surface area contributed by atoms with Crippen LogP contribution in [0.3, 0.4) is 0 Å². The van der Waals surface area contributed by atoms with E-state index in [4.69, 9.17) is 10.5 Å². The summed E-state index contributed by atoms with van der Waals surface area (Å²) in [6.07, 6.45) is 5.24. The number of ether oxygens (including phenoxy) is 1. The average Bonchev–Trinajstić information content (AvgIpc) is 2.71. The van der Waals surface area contributed by atoms with Crippen molar-refractivity contribution in [3.8, 4) is 5.75 Å². The first-order valence-corrected chi connectivity index (χ1v) is 9.50. The van der Waals surface area contributed by atoms with Crippen molar-refractivity contribution in [1.29, 1.82) is 0 Å². The minimum absolute atomic E-state index is 0.713. The topological polar surface area (TPSA) is 38.5 Å². The van der Waals surface area contributed by atoms with E-state index in [9.17, 15) is 0 Å². The molecule has 4 bridgehead atoms. The number of benzene rings is 1. The van der Waals surface area contributed by atoms with Gasteiger partial charge in [-0.3, -0.25) is 4.90 Å². The summed E-state index contributed by atoms with van der Waals surface area (Å²) in [5, 5.41) is 0. The van der Waals surface area contributed by atoms with Gasteiger partial charge >= 0.3 is 0 Å². The van der Waals surface area contributed by atoms with Gasteiger partial charge in [0.2, 0.25) is 0 Å². The van der Waals surface area contributed by atoms with E-state index in [1.807, 2.05) is 12.1 Å². The molecular weight excluding hydrogens is 296 g/mol. The number of nitrogen functional groups attached to an aromatic ring is 1. The summed E-state index contributed by atoms with van der Waals surface area (Å²) in [5.74, 6) is 3.38. The Bertz CT molecular complexity index is 666. The zero-order valence-corrected chi connectivity index (χ0v) is 15.2. The molecule has 1 aromatic rings. The van der Waals surface area contributed by atoms with E-state index in [1.165, 1.54) is 43.5 Å². The molecule has 3 fully saturated rings. The summed E-state index contributed by atoms with van der Waals surface area (Å²) in [6.45, 7) is 7.23. The minimum Gasteiger partial charge on any atom is -0.497 e. The molecule has 0 spiro atoms. The Kier molecular flexibility index (Phi) is 4.07. The highest BCUT2D eigenvalue weighted by atomic mass is 16.5. The van der Waals surface area contributed by atoms with Crippen molar-refractivity contribution in [2.24, 2.45) is 17.8 Å². The first-order chi connectivity index (χ1) is 11.6. The molecule has 3 heteroatoms. The van der Waals surface area contributed by atoms with Gasteiger partial charge < -0.3 is 10.5 Å². The van der Waals surface area contributed by atoms with Gasteiger partial charge in [-0.15, -0.1) is 0 Å². The van der Waals surface area contributed by atoms with Gasteiger partial charge in [0.25, 0.3) is 0 Å². The number of hydrogen-bond donors (Lipinski definition) is 1. The maximum Gasteiger partial charge on any atom is 0.119 e. The van der Waals surface area contributed by atoms with Crippen LogP contribution in [-0.2, 0) is 0 Å². The monoisotopic (exact) mass is 326 g/mol. The molecule has 3 nitrogen and oxygen atoms in total. The summed E-state index contributed by atoms with van der Waals surface area (Å²) in [7, 11) is 1.73. The lowest BCUT2D eigenvalue weighted by atomic mass is 9.64. The predicted molar refractivity (Wildman–Crippen MR) is 100.0 cm³/mol. The van der Waals surface area contributed by atoms with Gasteiger partial charge in [-0.2, -0.15) is 0 Å². The number of nitrogens with two attached hydrogens (primary N) is 1. The smallest absolute Gasteiger partial charge is 0.119 e. The second-order valence-electron chi connectivity index (χ2n) is 7.96. The second kappa shape index (κ2) is 6.11. The van der Waals surface area contributed by atoms with Gasteiger partial charge in [-0.25, -0.2) is 0 Å².